The summed E-state index contributed by atoms with van der Waals surface area (Å²) in [7, 11) is 0. The quantitative estimate of drug-likeness (QED) is 0.187. The number of fused-ring (bicyclic) bond motifs is 1. The number of imidazole rings is 1. The van der Waals surface area contributed by atoms with Crippen LogP contribution >= 0.6 is 0 Å². The van der Waals surface area contributed by atoms with Gasteiger partial charge < -0.3 is 4.57 Å². The molecule has 0 radical (unpaired) electrons. The van der Waals surface area contributed by atoms with E-state index in [9.17, 15) is 0 Å². The first-order chi connectivity index (χ1) is 18.2. The summed E-state index contributed by atoms with van der Waals surface area (Å²) >= 11 is 0. The summed E-state index contributed by atoms with van der Waals surface area (Å²) in [6.07, 6.45) is 5.47. The number of rotatable bonds is 11. The van der Waals surface area contributed by atoms with Crippen molar-refractivity contribution in [3.05, 3.63) is 126 Å². The van der Waals surface area contributed by atoms with Crippen LogP contribution in [0, 0.1) is 0 Å². The predicted octanol–water partition coefficient (Wildman–Crippen LogP) is 8.27. The Balaban J connectivity index is 1.49. The van der Waals surface area contributed by atoms with E-state index in [1.807, 2.05) is 0 Å². The number of nitrogens with zero attached hydrogens (tertiary/aromatic N) is 3. The van der Waals surface area contributed by atoms with Crippen molar-refractivity contribution in [3.63, 3.8) is 0 Å². The SMILES string of the molecule is CCCCn1c(CN(Cc2ccc(CC)cc2)Cc2cccc3ccccc23)cnc1-c1ccccc1. The van der Waals surface area contributed by atoms with Gasteiger partial charge in [0.15, 0.2) is 0 Å². The minimum Gasteiger partial charge on any atom is -0.327 e. The Kier molecular flexibility index (Phi) is 8.12. The third-order valence-corrected chi connectivity index (χ3v) is 7.20. The third-order valence-electron chi connectivity index (χ3n) is 7.20. The van der Waals surface area contributed by atoms with E-state index in [0.29, 0.717) is 0 Å². The van der Waals surface area contributed by atoms with E-state index in [0.717, 1.165) is 51.3 Å². The van der Waals surface area contributed by atoms with E-state index in [-0.39, 0.29) is 0 Å². The lowest BCUT2D eigenvalue weighted by Crippen LogP contribution is -2.24. The molecule has 1 heterocycles. The first-order valence-corrected chi connectivity index (χ1v) is 13.6. The lowest BCUT2D eigenvalue weighted by Gasteiger charge is -2.24. The predicted molar refractivity (Wildman–Crippen MR) is 155 cm³/mol. The Morgan fingerprint density at radius 1 is 0.703 bits per heavy atom. The molecule has 37 heavy (non-hydrogen) atoms. The first kappa shape index (κ1) is 25.0. The highest BCUT2D eigenvalue weighted by Gasteiger charge is 2.16. The maximum atomic E-state index is 4.92. The Bertz CT molecular complexity index is 1410. The van der Waals surface area contributed by atoms with Crippen LogP contribution in [0.3, 0.4) is 0 Å². The average Bonchev–Trinajstić information content (AvgIpc) is 3.35. The van der Waals surface area contributed by atoms with Crippen LogP contribution < -0.4 is 0 Å². The maximum absolute atomic E-state index is 4.92. The monoisotopic (exact) mass is 487 g/mol. The summed E-state index contributed by atoms with van der Waals surface area (Å²) < 4.78 is 2.44. The van der Waals surface area contributed by atoms with Gasteiger partial charge in [-0.3, -0.25) is 4.90 Å². The molecule has 0 spiro atoms. The molecule has 4 aromatic carbocycles. The number of hydrogen-bond donors (Lipinski definition) is 0. The van der Waals surface area contributed by atoms with Crippen molar-refractivity contribution in [3.8, 4) is 11.4 Å². The van der Waals surface area contributed by atoms with Crippen molar-refractivity contribution in [1.82, 2.24) is 14.5 Å². The van der Waals surface area contributed by atoms with Crippen LogP contribution in [0.25, 0.3) is 22.2 Å². The number of benzene rings is 4. The molecule has 1 aromatic heterocycles. The van der Waals surface area contributed by atoms with Crippen molar-refractivity contribution in [2.24, 2.45) is 0 Å². The summed E-state index contributed by atoms with van der Waals surface area (Å²) in [5.41, 5.74) is 6.55. The zero-order chi connectivity index (χ0) is 25.5. The Morgan fingerprint density at radius 3 is 2.22 bits per heavy atom. The zero-order valence-electron chi connectivity index (χ0n) is 22.1. The van der Waals surface area contributed by atoms with Crippen LogP contribution in [0.2, 0.25) is 0 Å². The molecule has 0 aliphatic rings. The standard InChI is InChI=1S/C34H37N3/c1-3-5-22-37-32(23-35-34(37)30-13-7-6-8-14-30)26-36(24-28-20-18-27(4-2)19-21-28)25-31-16-11-15-29-12-9-10-17-33(29)31/h6-21,23H,3-5,22,24-26H2,1-2H3. The summed E-state index contributed by atoms with van der Waals surface area (Å²) in [5.74, 6) is 1.07. The number of unbranched alkanes of at least 4 members (excludes halogenated alkanes) is 1. The van der Waals surface area contributed by atoms with Gasteiger partial charge in [0, 0.05) is 31.7 Å². The number of aryl methyl sites for hydroxylation is 1. The molecule has 0 aliphatic carbocycles. The highest BCUT2D eigenvalue weighted by Crippen LogP contribution is 2.25. The van der Waals surface area contributed by atoms with Gasteiger partial charge in [0.1, 0.15) is 5.82 Å². The summed E-state index contributed by atoms with van der Waals surface area (Å²) in [4.78, 5) is 7.48. The molecule has 0 aliphatic heterocycles. The molecule has 0 bridgehead atoms. The normalized spacial score (nSPS) is 11.4. The van der Waals surface area contributed by atoms with Crippen molar-refractivity contribution < 1.29 is 0 Å². The van der Waals surface area contributed by atoms with E-state index in [1.165, 1.54) is 38.7 Å². The second-order valence-corrected chi connectivity index (χ2v) is 9.90. The summed E-state index contributed by atoms with van der Waals surface area (Å²) in [6, 6.07) is 35.1. The molecule has 0 fully saturated rings. The van der Waals surface area contributed by atoms with Crippen molar-refractivity contribution in [2.75, 3.05) is 0 Å². The molecular formula is C34H37N3. The van der Waals surface area contributed by atoms with Crippen LogP contribution in [0.4, 0.5) is 0 Å². The fraction of sp³-hybridized carbons (Fsp3) is 0.265. The van der Waals surface area contributed by atoms with Crippen LogP contribution in [0.5, 0.6) is 0 Å². The fourth-order valence-corrected chi connectivity index (χ4v) is 5.13. The summed E-state index contributed by atoms with van der Waals surface area (Å²) in [5, 5.41) is 2.63. The highest BCUT2D eigenvalue weighted by molar-refractivity contribution is 5.85. The van der Waals surface area contributed by atoms with Crippen molar-refractivity contribution in [1.29, 1.82) is 0 Å². The average molecular weight is 488 g/mol. The van der Waals surface area contributed by atoms with Gasteiger partial charge in [-0.2, -0.15) is 0 Å². The molecule has 5 aromatic rings. The fourth-order valence-electron chi connectivity index (χ4n) is 5.13. The van der Waals surface area contributed by atoms with Gasteiger partial charge in [0.05, 0.1) is 11.9 Å². The molecule has 188 valence electrons. The van der Waals surface area contributed by atoms with Crippen molar-refractivity contribution in [2.45, 2.75) is 59.3 Å². The molecule has 0 atom stereocenters. The molecule has 0 unspecified atom stereocenters. The van der Waals surface area contributed by atoms with E-state index < -0.39 is 0 Å². The first-order valence-electron chi connectivity index (χ1n) is 13.6. The minimum absolute atomic E-state index is 0.850. The molecule has 0 N–H and O–H groups in total. The second-order valence-electron chi connectivity index (χ2n) is 9.90. The summed E-state index contributed by atoms with van der Waals surface area (Å²) in [6.45, 7) is 8.09. The zero-order valence-corrected chi connectivity index (χ0v) is 22.1. The Hall–Kier alpha value is -3.69. The lowest BCUT2D eigenvalue weighted by atomic mass is 10.0. The molecule has 3 heteroatoms. The maximum Gasteiger partial charge on any atom is 0.140 e. The molecule has 0 saturated heterocycles. The number of aromatic nitrogens is 2. The van der Waals surface area contributed by atoms with Gasteiger partial charge in [0.2, 0.25) is 0 Å². The van der Waals surface area contributed by atoms with Crippen LogP contribution in [0.1, 0.15) is 49.1 Å². The molecule has 3 nitrogen and oxygen atoms in total. The van der Waals surface area contributed by atoms with E-state index in [2.05, 4.69) is 127 Å². The smallest absolute Gasteiger partial charge is 0.140 e. The van der Waals surface area contributed by atoms with Gasteiger partial charge in [-0.05, 0) is 40.3 Å². The van der Waals surface area contributed by atoms with Gasteiger partial charge in [0.25, 0.3) is 0 Å². The van der Waals surface area contributed by atoms with Gasteiger partial charge in [-0.25, -0.2) is 4.98 Å². The molecular weight excluding hydrogens is 450 g/mol. The van der Waals surface area contributed by atoms with E-state index in [1.54, 1.807) is 0 Å². The van der Waals surface area contributed by atoms with Crippen LogP contribution in [-0.4, -0.2) is 14.5 Å². The molecule has 0 amide bonds. The molecule has 5 rings (SSSR count). The highest BCUT2D eigenvalue weighted by atomic mass is 15.2. The van der Waals surface area contributed by atoms with E-state index >= 15 is 0 Å². The topological polar surface area (TPSA) is 21.1 Å². The van der Waals surface area contributed by atoms with Crippen molar-refractivity contribution >= 4 is 10.8 Å². The van der Waals surface area contributed by atoms with E-state index in [4.69, 9.17) is 4.98 Å². The van der Waals surface area contributed by atoms with Gasteiger partial charge in [-0.15, -0.1) is 0 Å². The Morgan fingerprint density at radius 2 is 1.43 bits per heavy atom. The number of hydrogen-bond acceptors (Lipinski definition) is 2. The Labute approximate surface area is 221 Å². The largest absolute Gasteiger partial charge is 0.327 e. The van der Waals surface area contributed by atoms with Crippen LogP contribution in [0.15, 0.2) is 103 Å². The molecule has 0 saturated carbocycles. The van der Waals surface area contributed by atoms with Gasteiger partial charge in [-0.1, -0.05) is 117 Å². The second kappa shape index (κ2) is 12.0. The minimum atomic E-state index is 0.850. The van der Waals surface area contributed by atoms with Gasteiger partial charge >= 0.3 is 0 Å². The lowest BCUT2D eigenvalue weighted by molar-refractivity contribution is 0.242. The van der Waals surface area contributed by atoms with Crippen LogP contribution in [-0.2, 0) is 32.6 Å². The third kappa shape index (κ3) is 6.00.